The standard InChI is InChI=1S/C25H28ClN3O2S/c1-16-7-3-6-10-19(16)27-24(31)25(2)15-28-20-11-12-32-22(20)13-21(28)23(30)29(25)14-17-8-4-5-9-18(17)26/h4-5,8-9,11-13,16,19H,3,6-7,10,14-15H2,1-2H3,(H,27,31)/t16-,19-,25-/m1/s1. The summed E-state index contributed by atoms with van der Waals surface area (Å²) in [6.07, 6.45) is 4.46. The summed E-state index contributed by atoms with van der Waals surface area (Å²) in [5, 5.41) is 5.95. The lowest BCUT2D eigenvalue weighted by atomic mass is 9.85. The highest BCUT2D eigenvalue weighted by molar-refractivity contribution is 7.17. The third-order valence-corrected chi connectivity index (χ3v) is 8.47. The zero-order valence-corrected chi connectivity index (χ0v) is 20.0. The van der Waals surface area contributed by atoms with Crippen LogP contribution < -0.4 is 5.32 Å². The largest absolute Gasteiger partial charge is 0.351 e. The van der Waals surface area contributed by atoms with Crippen molar-refractivity contribution >= 4 is 45.0 Å². The number of aromatic nitrogens is 1. The molecule has 1 N–H and O–H groups in total. The Balaban J connectivity index is 1.54. The number of nitrogens with one attached hydrogen (secondary N) is 1. The fourth-order valence-corrected chi connectivity index (χ4v) is 6.19. The highest BCUT2D eigenvalue weighted by atomic mass is 35.5. The van der Waals surface area contributed by atoms with E-state index in [4.69, 9.17) is 11.6 Å². The number of thiophene rings is 1. The summed E-state index contributed by atoms with van der Waals surface area (Å²) >= 11 is 8.06. The van der Waals surface area contributed by atoms with Crippen molar-refractivity contribution in [3.8, 4) is 0 Å². The van der Waals surface area contributed by atoms with Crippen molar-refractivity contribution in [1.82, 2.24) is 14.8 Å². The maximum atomic E-state index is 13.8. The molecule has 2 amide bonds. The number of nitrogens with zero attached hydrogens (tertiary/aromatic N) is 2. The minimum atomic E-state index is -1.02. The number of hydrogen-bond acceptors (Lipinski definition) is 3. The molecule has 2 aromatic heterocycles. The van der Waals surface area contributed by atoms with E-state index < -0.39 is 5.54 Å². The van der Waals surface area contributed by atoms with Crippen LogP contribution >= 0.6 is 22.9 Å². The highest BCUT2D eigenvalue weighted by Crippen LogP contribution is 2.36. The molecule has 5 nitrogen and oxygen atoms in total. The molecular weight excluding hydrogens is 442 g/mol. The number of amides is 2. The predicted octanol–water partition coefficient (Wildman–Crippen LogP) is 5.47. The molecule has 1 fully saturated rings. The van der Waals surface area contributed by atoms with Gasteiger partial charge < -0.3 is 14.8 Å². The van der Waals surface area contributed by atoms with Crippen molar-refractivity contribution in [3.05, 3.63) is 58.1 Å². The Kier molecular flexibility index (Phi) is 5.54. The van der Waals surface area contributed by atoms with Gasteiger partial charge in [0.15, 0.2) is 0 Å². The van der Waals surface area contributed by atoms with Crippen LogP contribution in [0.15, 0.2) is 41.8 Å². The fourth-order valence-electron chi connectivity index (χ4n) is 5.17. The summed E-state index contributed by atoms with van der Waals surface area (Å²) in [4.78, 5) is 29.3. The molecule has 5 rings (SSSR count). The number of rotatable bonds is 4. The van der Waals surface area contributed by atoms with Crippen LogP contribution in [0.25, 0.3) is 10.2 Å². The first kappa shape index (κ1) is 21.5. The van der Waals surface area contributed by atoms with E-state index in [1.54, 1.807) is 16.2 Å². The van der Waals surface area contributed by atoms with Crippen LogP contribution in [-0.2, 0) is 17.9 Å². The molecule has 0 spiro atoms. The molecule has 1 aliphatic carbocycles. The molecule has 2 aliphatic rings. The van der Waals surface area contributed by atoms with Crippen molar-refractivity contribution in [2.45, 2.75) is 64.2 Å². The van der Waals surface area contributed by atoms with Gasteiger partial charge in [0.05, 0.1) is 16.8 Å². The molecule has 0 bridgehead atoms. The molecule has 3 atom stereocenters. The molecule has 1 aliphatic heterocycles. The zero-order chi connectivity index (χ0) is 22.5. The number of carbonyl (C=O) groups is 2. The molecule has 168 valence electrons. The van der Waals surface area contributed by atoms with Gasteiger partial charge in [-0.3, -0.25) is 9.59 Å². The van der Waals surface area contributed by atoms with E-state index in [1.807, 2.05) is 53.3 Å². The Morgan fingerprint density at radius 1 is 1.25 bits per heavy atom. The second-order valence-electron chi connectivity index (χ2n) is 9.38. The van der Waals surface area contributed by atoms with E-state index in [9.17, 15) is 9.59 Å². The number of carbonyl (C=O) groups excluding carboxylic acids is 2. The van der Waals surface area contributed by atoms with Gasteiger partial charge in [-0.15, -0.1) is 11.3 Å². The van der Waals surface area contributed by atoms with Crippen LogP contribution in [0.4, 0.5) is 0 Å². The van der Waals surface area contributed by atoms with Gasteiger partial charge in [-0.05, 0) is 54.8 Å². The van der Waals surface area contributed by atoms with Gasteiger partial charge >= 0.3 is 0 Å². The van der Waals surface area contributed by atoms with Crippen LogP contribution in [0.5, 0.6) is 0 Å². The van der Waals surface area contributed by atoms with Gasteiger partial charge in [0, 0.05) is 17.6 Å². The Morgan fingerprint density at radius 3 is 2.81 bits per heavy atom. The number of halogens is 1. The van der Waals surface area contributed by atoms with Gasteiger partial charge in [0.2, 0.25) is 5.91 Å². The van der Waals surface area contributed by atoms with Crippen molar-refractivity contribution in [2.24, 2.45) is 5.92 Å². The number of hydrogen-bond donors (Lipinski definition) is 1. The summed E-state index contributed by atoms with van der Waals surface area (Å²) in [6.45, 7) is 4.82. The lowest BCUT2D eigenvalue weighted by molar-refractivity contribution is -0.134. The molecule has 1 aromatic carbocycles. The zero-order valence-electron chi connectivity index (χ0n) is 18.4. The minimum Gasteiger partial charge on any atom is -0.351 e. The van der Waals surface area contributed by atoms with E-state index in [0.717, 1.165) is 35.0 Å². The number of benzene rings is 1. The maximum absolute atomic E-state index is 13.8. The molecular formula is C25H28ClN3O2S. The Labute approximate surface area is 197 Å². The first-order chi connectivity index (χ1) is 15.4. The summed E-state index contributed by atoms with van der Waals surface area (Å²) in [5.74, 6) is 0.228. The minimum absolute atomic E-state index is 0.0839. The SMILES string of the molecule is C[C@@H]1CCCC[C@H]1NC(=O)[C@@]1(C)Cn2c(cc3sccc32)C(=O)N1Cc1ccccc1Cl. The van der Waals surface area contributed by atoms with Gasteiger partial charge in [-0.25, -0.2) is 0 Å². The molecule has 3 heterocycles. The summed E-state index contributed by atoms with van der Waals surface area (Å²) in [6, 6.07) is 11.7. The maximum Gasteiger partial charge on any atom is 0.271 e. The van der Waals surface area contributed by atoms with Crippen LogP contribution in [0.1, 0.15) is 55.6 Å². The summed E-state index contributed by atoms with van der Waals surface area (Å²) in [5.41, 5.74) is 1.47. The van der Waals surface area contributed by atoms with Gasteiger partial charge in [-0.2, -0.15) is 0 Å². The first-order valence-corrected chi connectivity index (χ1v) is 12.6. The second-order valence-corrected chi connectivity index (χ2v) is 10.7. The lowest BCUT2D eigenvalue weighted by Crippen LogP contribution is -2.65. The normalized spacial score (nSPS) is 25.7. The second kappa shape index (κ2) is 8.23. The Hall–Kier alpha value is -2.31. The molecule has 0 unspecified atom stereocenters. The molecule has 32 heavy (non-hydrogen) atoms. The molecule has 1 saturated carbocycles. The van der Waals surface area contributed by atoms with E-state index in [0.29, 0.717) is 29.7 Å². The quantitative estimate of drug-likeness (QED) is 0.551. The third kappa shape index (κ3) is 3.54. The molecule has 3 aromatic rings. The smallest absolute Gasteiger partial charge is 0.271 e. The van der Waals surface area contributed by atoms with E-state index in [1.165, 1.54) is 6.42 Å². The molecule has 7 heteroatoms. The average Bonchev–Trinajstić information content (AvgIpc) is 3.36. The predicted molar refractivity (Wildman–Crippen MR) is 129 cm³/mol. The van der Waals surface area contributed by atoms with Crippen molar-refractivity contribution in [3.63, 3.8) is 0 Å². The topological polar surface area (TPSA) is 54.3 Å². The lowest BCUT2D eigenvalue weighted by Gasteiger charge is -2.45. The van der Waals surface area contributed by atoms with Gasteiger partial charge in [-0.1, -0.05) is 49.6 Å². The summed E-state index contributed by atoms with van der Waals surface area (Å²) in [7, 11) is 0. The van der Waals surface area contributed by atoms with Gasteiger partial charge in [0.1, 0.15) is 11.2 Å². The van der Waals surface area contributed by atoms with Gasteiger partial charge in [0.25, 0.3) is 5.91 Å². The Morgan fingerprint density at radius 2 is 2.03 bits per heavy atom. The van der Waals surface area contributed by atoms with Crippen LogP contribution in [0.3, 0.4) is 0 Å². The number of fused-ring (bicyclic) bond motifs is 3. The van der Waals surface area contributed by atoms with Crippen molar-refractivity contribution < 1.29 is 9.59 Å². The summed E-state index contributed by atoms with van der Waals surface area (Å²) < 4.78 is 3.08. The van der Waals surface area contributed by atoms with Crippen LogP contribution in [-0.4, -0.2) is 32.9 Å². The van der Waals surface area contributed by atoms with Crippen LogP contribution in [0.2, 0.25) is 5.02 Å². The van der Waals surface area contributed by atoms with E-state index >= 15 is 0 Å². The van der Waals surface area contributed by atoms with Crippen LogP contribution in [0, 0.1) is 5.92 Å². The third-order valence-electron chi connectivity index (χ3n) is 7.25. The van der Waals surface area contributed by atoms with Crippen molar-refractivity contribution in [2.75, 3.05) is 0 Å². The average molecular weight is 470 g/mol. The highest BCUT2D eigenvalue weighted by Gasteiger charge is 2.48. The fraction of sp³-hybridized carbons (Fsp3) is 0.440. The van der Waals surface area contributed by atoms with E-state index in [2.05, 4.69) is 12.2 Å². The van der Waals surface area contributed by atoms with Crippen molar-refractivity contribution in [1.29, 1.82) is 0 Å². The molecule has 0 radical (unpaired) electrons. The van der Waals surface area contributed by atoms with E-state index in [-0.39, 0.29) is 17.9 Å². The first-order valence-electron chi connectivity index (χ1n) is 11.3. The Bertz CT molecular complexity index is 1190. The molecule has 0 saturated heterocycles. The monoisotopic (exact) mass is 469 g/mol.